The van der Waals surface area contributed by atoms with E-state index >= 15 is 0 Å². The van der Waals surface area contributed by atoms with Gasteiger partial charge < -0.3 is 4.74 Å². The average molecular weight is 276 g/mol. The van der Waals surface area contributed by atoms with E-state index < -0.39 is 0 Å². The molecule has 1 heterocycles. The van der Waals surface area contributed by atoms with Gasteiger partial charge >= 0.3 is 0 Å². The summed E-state index contributed by atoms with van der Waals surface area (Å²) in [5, 5.41) is 8.91. The predicted octanol–water partition coefficient (Wildman–Crippen LogP) is 3.09. The van der Waals surface area contributed by atoms with Crippen LogP contribution in [0.3, 0.4) is 0 Å². The first-order valence-electron chi connectivity index (χ1n) is 6.81. The first-order valence-corrected chi connectivity index (χ1v) is 6.81. The summed E-state index contributed by atoms with van der Waals surface area (Å²) in [6.45, 7) is 10.5. The van der Waals surface area contributed by atoms with Crippen molar-refractivity contribution in [3.05, 3.63) is 35.1 Å². The van der Waals surface area contributed by atoms with Gasteiger partial charge in [-0.1, -0.05) is 0 Å². The second kappa shape index (κ2) is 5.16. The second-order valence-electron chi connectivity index (χ2n) is 6.73. The molecule has 108 valence electrons. The van der Waals surface area contributed by atoms with Crippen molar-refractivity contribution in [1.82, 2.24) is 4.90 Å². The van der Waals surface area contributed by atoms with Crippen LogP contribution in [0.25, 0.3) is 0 Å². The monoisotopic (exact) mass is 276 g/mol. The second-order valence-corrected chi connectivity index (χ2v) is 6.73. The number of nitrogens with zero attached hydrogens (tertiary/aromatic N) is 2. The number of hydrogen-bond acceptors (Lipinski definition) is 3. The lowest BCUT2D eigenvalue weighted by molar-refractivity contribution is -0.182. The van der Waals surface area contributed by atoms with Crippen LogP contribution in [-0.4, -0.2) is 29.2 Å². The maximum absolute atomic E-state index is 13.5. The summed E-state index contributed by atoms with van der Waals surface area (Å²) in [5.74, 6) is -0.356. The number of nitriles is 1. The van der Waals surface area contributed by atoms with E-state index in [1.807, 2.05) is 6.07 Å². The van der Waals surface area contributed by atoms with Crippen molar-refractivity contribution in [2.75, 3.05) is 13.1 Å². The highest BCUT2D eigenvalue weighted by Crippen LogP contribution is 2.29. The zero-order valence-electron chi connectivity index (χ0n) is 12.5. The molecule has 0 bridgehead atoms. The highest BCUT2D eigenvalue weighted by atomic mass is 19.1. The van der Waals surface area contributed by atoms with Crippen molar-refractivity contribution in [3.63, 3.8) is 0 Å². The molecule has 0 aliphatic carbocycles. The van der Waals surface area contributed by atoms with Crippen LogP contribution in [0.2, 0.25) is 0 Å². The van der Waals surface area contributed by atoms with E-state index in [4.69, 9.17) is 10.00 Å². The Bertz CT molecular complexity index is 530. The summed E-state index contributed by atoms with van der Waals surface area (Å²) in [5.41, 5.74) is 0.738. The average Bonchev–Trinajstić information content (AvgIpc) is 2.23. The first-order chi connectivity index (χ1) is 9.19. The van der Waals surface area contributed by atoms with E-state index in [0.717, 1.165) is 18.7 Å². The van der Waals surface area contributed by atoms with Crippen molar-refractivity contribution in [1.29, 1.82) is 5.26 Å². The van der Waals surface area contributed by atoms with Crippen molar-refractivity contribution < 1.29 is 9.13 Å². The maximum atomic E-state index is 13.5. The third kappa shape index (κ3) is 3.78. The van der Waals surface area contributed by atoms with Crippen LogP contribution in [-0.2, 0) is 11.3 Å². The largest absolute Gasteiger partial charge is 0.367 e. The molecule has 0 N–H and O–H groups in total. The maximum Gasteiger partial charge on any atom is 0.124 e. The smallest absolute Gasteiger partial charge is 0.124 e. The number of rotatable bonds is 2. The summed E-state index contributed by atoms with van der Waals surface area (Å²) in [4.78, 5) is 2.25. The normalized spacial score (nSPS) is 21.4. The molecule has 0 amide bonds. The first kappa shape index (κ1) is 15.0. The minimum absolute atomic E-state index is 0.229. The Balaban J connectivity index is 2.17. The topological polar surface area (TPSA) is 36.3 Å². The fourth-order valence-electron chi connectivity index (χ4n) is 3.12. The number of hydrogen-bond donors (Lipinski definition) is 0. The van der Waals surface area contributed by atoms with Gasteiger partial charge in [0.25, 0.3) is 0 Å². The molecule has 4 heteroatoms. The van der Waals surface area contributed by atoms with E-state index in [1.165, 1.54) is 12.1 Å². The lowest BCUT2D eigenvalue weighted by Gasteiger charge is -2.47. The molecule has 0 radical (unpaired) electrons. The molecule has 1 aromatic carbocycles. The molecule has 1 aromatic rings. The van der Waals surface area contributed by atoms with Gasteiger partial charge in [-0.2, -0.15) is 5.26 Å². The van der Waals surface area contributed by atoms with E-state index in [9.17, 15) is 4.39 Å². The van der Waals surface area contributed by atoms with Crippen LogP contribution in [0.15, 0.2) is 18.2 Å². The summed E-state index contributed by atoms with van der Waals surface area (Å²) < 4.78 is 19.5. The Morgan fingerprint density at radius 3 is 2.35 bits per heavy atom. The molecule has 1 saturated heterocycles. The van der Waals surface area contributed by atoms with Crippen LogP contribution in [0.5, 0.6) is 0 Å². The molecule has 2 rings (SSSR count). The molecule has 1 fully saturated rings. The molecule has 1 aliphatic heterocycles. The van der Waals surface area contributed by atoms with E-state index in [1.54, 1.807) is 6.07 Å². The predicted molar refractivity (Wildman–Crippen MR) is 75.6 cm³/mol. The quantitative estimate of drug-likeness (QED) is 0.833. The van der Waals surface area contributed by atoms with Crippen molar-refractivity contribution >= 4 is 0 Å². The molecule has 0 unspecified atom stereocenters. The van der Waals surface area contributed by atoms with Crippen molar-refractivity contribution in [2.24, 2.45) is 0 Å². The Morgan fingerprint density at radius 2 is 1.80 bits per heavy atom. The minimum atomic E-state index is -0.356. The number of halogens is 1. The lowest BCUT2D eigenvalue weighted by Crippen LogP contribution is -2.56. The van der Waals surface area contributed by atoms with Crippen LogP contribution < -0.4 is 0 Å². The third-order valence-electron chi connectivity index (χ3n) is 3.25. The fraction of sp³-hybridized carbons (Fsp3) is 0.562. The molecule has 3 nitrogen and oxygen atoms in total. The third-order valence-corrected chi connectivity index (χ3v) is 3.25. The molecule has 0 saturated carbocycles. The van der Waals surface area contributed by atoms with Gasteiger partial charge in [0.05, 0.1) is 22.8 Å². The Morgan fingerprint density at radius 1 is 1.20 bits per heavy atom. The van der Waals surface area contributed by atoms with E-state index in [0.29, 0.717) is 12.1 Å². The molecule has 1 aliphatic rings. The van der Waals surface area contributed by atoms with Gasteiger partial charge in [0.1, 0.15) is 5.82 Å². The fourth-order valence-corrected chi connectivity index (χ4v) is 3.12. The van der Waals surface area contributed by atoms with Gasteiger partial charge in [0.2, 0.25) is 0 Å². The highest BCUT2D eigenvalue weighted by Gasteiger charge is 2.37. The standard InChI is InChI=1S/C16H21FN2O/c1-15(2)10-19(11-16(3,4)20-15)9-13-5-12(8-18)6-14(17)7-13/h5-7H,9-11H2,1-4H3. The molecule has 0 atom stereocenters. The Hall–Kier alpha value is -1.44. The SMILES string of the molecule is CC1(C)CN(Cc2cc(F)cc(C#N)c2)CC(C)(C)O1. The van der Waals surface area contributed by atoms with Crippen LogP contribution in [0, 0.1) is 17.1 Å². The zero-order chi connectivity index (χ0) is 15.0. The van der Waals surface area contributed by atoms with Crippen molar-refractivity contribution in [2.45, 2.75) is 45.4 Å². The summed E-state index contributed by atoms with van der Waals surface area (Å²) in [7, 11) is 0. The van der Waals surface area contributed by atoms with Crippen LogP contribution in [0.1, 0.15) is 38.8 Å². The van der Waals surface area contributed by atoms with E-state index in [-0.39, 0.29) is 17.0 Å². The van der Waals surface area contributed by atoms with Gasteiger partial charge in [-0.3, -0.25) is 4.90 Å². The lowest BCUT2D eigenvalue weighted by atomic mass is 9.98. The Kier molecular flexibility index (Phi) is 3.86. The molecule has 20 heavy (non-hydrogen) atoms. The molecule has 0 spiro atoms. The van der Waals surface area contributed by atoms with Crippen molar-refractivity contribution in [3.8, 4) is 6.07 Å². The van der Waals surface area contributed by atoms with E-state index in [2.05, 4.69) is 32.6 Å². The summed E-state index contributed by atoms with van der Waals surface area (Å²) >= 11 is 0. The highest BCUT2D eigenvalue weighted by molar-refractivity contribution is 5.33. The van der Waals surface area contributed by atoms with Gasteiger partial charge in [-0.05, 0) is 51.5 Å². The zero-order valence-corrected chi connectivity index (χ0v) is 12.5. The Labute approximate surface area is 120 Å². The number of ether oxygens (including phenoxy) is 1. The minimum Gasteiger partial charge on any atom is -0.367 e. The number of morpholine rings is 1. The van der Waals surface area contributed by atoms with Gasteiger partial charge in [-0.25, -0.2) is 4.39 Å². The molecule has 0 aromatic heterocycles. The van der Waals surface area contributed by atoms with Gasteiger partial charge in [-0.15, -0.1) is 0 Å². The van der Waals surface area contributed by atoms with Gasteiger partial charge in [0.15, 0.2) is 0 Å². The van der Waals surface area contributed by atoms with Gasteiger partial charge in [0, 0.05) is 19.6 Å². The van der Waals surface area contributed by atoms with Crippen LogP contribution >= 0.6 is 0 Å². The van der Waals surface area contributed by atoms with Crippen LogP contribution in [0.4, 0.5) is 4.39 Å². The molecular weight excluding hydrogens is 255 g/mol. The molecular formula is C16H21FN2O. The number of benzene rings is 1. The summed E-state index contributed by atoms with van der Waals surface area (Å²) in [6, 6.07) is 6.50. The summed E-state index contributed by atoms with van der Waals surface area (Å²) in [6.07, 6.45) is 0.